The van der Waals surface area contributed by atoms with E-state index in [9.17, 15) is 14.4 Å². The first-order valence-corrected chi connectivity index (χ1v) is 23.7. The summed E-state index contributed by atoms with van der Waals surface area (Å²) in [6.07, 6.45) is 58.4. The van der Waals surface area contributed by atoms with Crippen molar-refractivity contribution in [2.75, 3.05) is 13.2 Å². The van der Waals surface area contributed by atoms with Gasteiger partial charge in [-0.2, -0.15) is 0 Å². The molecule has 0 aromatic heterocycles. The molecular formula is C52H86O6. The molecule has 0 saturated carbocycles. The number of carbonyl (C=O) groups excluding carboxylic acids is 3. The molecular weight excluding hydrogens is 721 g/mol. The van der Waals surface area contributed by atoms with Gasteiger partial charge >= 0.3 is 17.9 Å². The average molecular weight is 807 g/mol. The zero-order chi connectivity index (χ0) is 42.3. The van der Waals surface area contributed by atoms with Crippen LogP contribution in [0.4, 0.5) is 0 Å². The molecule has 0 rings (SSSR count). The minimum atomic E-state index is -0.794. The van der Waals surface area contributed by atoms with Crippen LogP contribution >= 0.6 is 0 Å². The monoisotopic (exact) mass is 807 g/mol. The molecule has 0 aromatic rings. The Hall–Kier alpha value is -3.41. The number of hydrogen-bond acceptors (Lipinski definition) is 6. The van der Waals surface area contributed by atoms with Gasteiger partial charge in [-0.3, -0.25) is 14.4 Å². The van der Waals surface area contributed by atoms with Gasteiger partial charge in [0.1, 0.15) is 13.2 Å². The van der Waals surface area contributed by atoms with Gasteiger partial charge in [0, 0.05) is 19.3 Å². The van der Waals surface area contributed by atoms with Crippen molar-refractivity contribution in [3.63, 3.8) is 0 Å². The Labute approximate surface area is 356 Å². The van der Waals surface area contributed by atoms with Crippen LogP contribution in [0, 0.1) is 0 Å². The topological polar surface area (TPSA) is 78.9 Å². The quantitative estimate of drug-likeness (QED) is 0.0201. The van der Waals surface area contributed by atoms with Crippen LogP contribution in [-0.2, 0) is 28.6 Å². The van der Waals surface area contributed by atoms with E-state index in [1.165, 1.54) is 51.4 Å². The maximum Gasteiger partial charge on any atom is 0.306 e. The van der Waals surface area contributed by atoms with Gasteiger partial charge in [0.05, 0.1) is 0 Å². The zero-order valence-corrected chi connectivity index (χ0v) is 37.5. The van der Waals surface area contributed by atoms with Gasteiger partial charge in [-0.1, -0.05) is 189 Å². The van der Waals surface area contributed by atoms with E-state index in [1.807, 2.05) is 36.5 Å². The van der Waals surface area contributed by atoms with Gasteiger partial charge in [-0.05, 0) is 83.5 Å². The summed E-state index contributed by atoms with van der Waals surface area (Å²) in [6.45, 7) is 6.42. The maximum absolute atomic E-state index is 12.7. The highest BCUT2D eigenvalue weighted by molar-refractivity contribution is 5.71. The minimum absolute atomic E-state index is 0.0956. The van der Waals surface area contributed by atoms with Crippen molar-refractivity contribution in [3.05, 3.63) is 85.1 Å². The number of hydrogen-bond donors (Lipinski definition) is 0. The van der Waals surface area contributed by atoms with Crippen molar-refractivity contribution in [1.29, 1.82) is 0 Å². The van der Waals surface area contributed by atoms with Crippen LogP contribution in [0.2, 0.25) is 0 Å². The molecule has 0 amide bonds. The maximum atomic E-state index is 12.7. The summed E-state index contributed by atoms with van der Waals surface area (Å²) in [5.41, 5.74) is 0. The van der Waals surface area contributed by atoms with Crippen LogP contribution in [0.15, 0.2) is 85.1 Å². The molecule has 0 bridgehead atoms. The standard InChI is InChI=1S/C52H86O6/c1-4-7-10-13-16-19-22-24-25-26-27-28-29-31-33-36-39-42-45-51(54)57-48-49(47-56-50(53)44-41-38-35-32-21-18-15-12-9-6-3)58-52(55)46-43-40-37-34-30-23-20-17-14-11-8-5-2/h10,13,15-20,22,24-28,49H,4-9,11-12,14,21,23,29-48H2,1-3H3/b13-10-,18-15-,19-16-,20-17-,24-22-,26-25-,28-27-. The van der Waals surface area contributed by atoms with Gasteiger partial charge in [0.15, 0.2) is 6.10 Å². The molecule has 0 heterocycles. The number of allylic oxidation sites excluding steroid dienone is 14. The summed E-state index contributed by atoms with van der Waals surface area (Å²) in [6, 6.07) is 0. The highest BCUT2D eigenvalue weighted by Gasteiger charge is 2.19. The fourth-order valence-corrected chi connectivity index (χ4v) is 6.09. The van der Waals surface area contributed by atoms with Crippen LogP contribution in [0.1, 0.15) is 207 Å². The number of carbonyl (C=O) groups is 3. The Kier molecular flexibility index (Phi) is 43.6. The van der Waals surface area contributed by atoms with Crippen molar-refractivity contribution < 1.29 is 28.6 Å². The molecule has 0 aliphatic carbocycles. The van der Waals surface area contributed by atoms with E-state index in [2.05, 4.69) is 69.4 Å². The second-order valence-electron chi connectivity index (χ2n) is 15.4. The predicted molar refractivity (Wildman–Crippen MR) is 247 cm³/mol. The van der Waals surface area contributed by atoms with E-state index in [0.717, 1.165) is 116 Å². The minimum Gasteiger partial charge on any atom is -0.462 e. The molecule has 330 valence electrons. The van der Waals surface area contributed by atoms with Crippen molar-refractivity contribution >= 4 is 17.9 Å². The van der Waals surface area contributed by atoms with Crippen LogP contribution in [0.25, 0.3) is 0 Å². The molecule has 1 atom stereocenters. The lowest BCUT2D eigenvalue weighted by Crippen LogP contribution is -2.30. The van der Waals surface area contributed by atoms with Gasteiger partial charge in [0.25, 0.3) is 0 Å². The van der Waals surface area contributed by atoms with Crippen LogP contribution in [0.5, 0.6) is 0 Å². The predicted octanol–water partition coefficient (Wildman–Crippen LogP) is 15.3. The third-order valence-corrected chi connectivity index (χ3v) is 9.70. The Bertz CT molecular complexity index is 1160. The first kappa shape index (κ1) is 54.6. The van der Waals surface area contributed by atoms with Crippen LogP contribution < -0.4 is 0 Å². The van der Waals surface area contributed by atoms with E-state index in [0.29, 0.717) is 19.3 Å². The average Bonchev–Trinajstić information content (AvgIpc) is 3.22. The molecule has 0 saturated heterocycles. The van der Waals surface area contributed by atoms with E-state index < -0.39 is 6.10 Å². The number of ether oxygens (including phenoxy) is 3. The molecule has 6 nitrogen and oxygen atoms in total. The number of esters is 3. The van der Waals surface area contributed by atoms with Crippen molar-refractivity contribution in [1.82, 2.24) is 0 Å². The Balaban J connectivity index is 4.44. The van der Waals surface area contributed by atoms with E-state index >= 15 is 0 Å². The highest BCUT2D eigenvalue weighted by atomic mass is 16.6. The normalized spacial score (nSPS) is 12.8. The van der Waals surface area contributed by atoms with E-state index in [4.69, 9.17) is 14.2 Å². The molecule has 6 heteroatoms. The Morgan fingerprint density at radius 2 is 0.690 bits per heavy atom. The first-order chi connectivity index (χ1) is 28.5. The number of unbranched alkanes of at least 4 members (excludes halogenated alkanes) is 20. The summed E-state index contributed by atoms with van der Waals surface area (Å²) in [7, 11) is 0. The third-order valence-electron chi connectivity index (χ3n) is 9.70. The van der Waals surface area contributed by atoms with Crippen LogP contribution in [0.3, 0.4) is 0 Å². The third kappa shape index (κ3) is 43.7. The molecule has 0 N–H and O–H groups in total. The molecule has 0 radical (unpaired) electrons. The highest BCUT2D eigenvalue weighted by Crippen LogP contribution is 2.13. The van der Waals surface area contributed by atoms with Crippen molar-refractivity contribution in [2.24, 2.45) is 0 Å². The smallest absolute Gasteiger partial charge is 0.306 e. The van der Waals surface area contributed by atoms with Gasteiger partial charge in [-0.25, -0.2) is 0 Å². The summed E-state index contributed by atoms with van der Waals surface area (Å²) < 4.78 is 16.7. The molecule has 0 aliphatic heterocycles. The Morgan fingerprint density at radius 3 is 1.14 bits per heavy atom. The lowest BCUT2D eigenvalue weighted by molar-refractivity contribution is -0.167. The number of rotatable bonds is 41. The summed E-state index contributed by atoms with van der Waals surface area (Å²) >= 11 is 0. The van der Waals surface area contributed by atoms with Gasteiger partial charge < -0.3 is 14.2 Å². The molecule has 0 aliphatic rings. The van der Waals surface area contributed by atoms with Crippen molar-refractivity contribution in [2.45, 2.75) is 213 Å². The van der Waals surface area contributed by atoms with Crippen molar-refractivity contribution in [3.8, 4) is 0 Å². The Morgan fingerprint density at radius 1 is 0.345 bits per heavy atom. The second kappa shape index (κ2) is 46.3. The molecule has 58 heavy (non-hydrogen) atoms. The summed E-state index contributed by atoms with van der Waals surface area (Å²) in [5.74, 6) is -0.950. The largest absolute Gasteiger partial charge is 0.462 e. The van der Waals surface area contributed by atoms with E-state index in [1.54, 1.807) is 0 Å². The van der Waals surface area contributed by atoms with E-state index in [-0.39, 0.29) is 31.1 Å². The summed E-state index contributed by atoms with van der Waals surface area (Å²) in [5, 5.41) is 0. The summed E-state index contributed by atoms with van der Waals surface area (Å²) in [4.78, 5) is 37.8. The SMILES string of the molecule is CCC\C=C/C=C\C=C/C=C\C=C/CCCCCCCC(=O)OCC(COC(=O)CCCCCC/C=C\CCCC)OC(=O)CCCCCCC/C=C\CCCCC. The second-order valence-corrected chi connectivity index (χ2v) is 15.4. The fraction of sp³-hybridized carbons (Fsp3) is 0.673. The lowest BCUT2D eigenvalue weighted by atomic mass is 10.1. The van der Waals surface area contributed by atoms with Gasteiger partial charge in [-0.15, -0.1) is 0 Å². The molecule has 0 aromatic carbocycles. The molecule has 1 unspecified atom stereocenters. The van der Waals surface area contributed by atoms with Crippen LogP contribution in [-0.4, -0.2) is 37.2 Å². The lowest BCUT2D eigenvalue weighted by Gasteiger charge is -2.18. The first-order valence-electron chi connectivity index (χ1n) is 23.7. The molecule has 0 fully saturated rings. The molecule has 0 spiro atoms. The van der Waals surface area contributed by atoms with Gasteiger partial charge in [0.2, 0.25) is 0 Å². The fourth-order valence-electron chi connectivity index (χ4n) is 6.09. The zero-order valence-electron chi connectivity index (χ0n) is 37.5.